The number of carbonyl (C=O) groups is 1. The summed E-state index contributed by atoms with van der Waals surface area (Å²) in [6.45, 7) is 0.486. The van der Waals surface area contributed by atoms with Crippen molar-refractivity contribution in [3.8, 4) is 0 Å². The summed E-state index contributed by atoms with van der Waals surface area (Å²) in [7, 11) is 1.76. The van der Waals surface area contributed by atoms with Crippen molar-refractivity contribution in [3.63, 3.8) is 0 Å². The molecule has 2 aromatic heterocycles. The van der Waals surface area contributed by atoms with E-state index in [9.17, 15) is 4.79 Å². The number of anilines is 1. The molecule has 0 fully saturated rings. The van der Waals surface area contributed by atoms with Gasteiger partial charge in [-0.1, -0.05) is 18.2 Å². The highest BCUT2D eigenvalue weighted by Gasteiger charge is 2.10. The molecular weight excluding hydrogens is 290 g/mol. The van der Waals surface area contributed by atoms with Crippen molar-refractivity contribution < 1.29 is 9.21 Å². The van der Waals surface area contributed by atoms with Gasteiger partial charge in [0.25, 0.3) is 0 Å². The highest BCUT2D eigenvalue weighted by atomic mass is 16.3. The van der Waals surface area contributed by atoms with E-state index in [1.54, 1.807) is 36.5 Å². The molecule has 0 unspecified atom stereocenters. The fourth-order valence-electron chi connectivity index (χ4n) is 2.30. The highest BCUT2D eigenvalue weighted by Crippen LogP contribution is 2.21. The van der Waals surface area contributed by atoms with E-state index >= 15 is 0 Å². The Labute approximate surface area is 134 Å². The Kier molecular flexibility index (Phi) is 4.10. The van der Waals surface area contributed by atoms with Crippen molar-refractivity contribution >= 4 is 28.8 Å². The summed E-state index contributed by atoms with van der Waals surface area (Å²) in [5.41, 5.74) is 8.17. The maximum Gasteiger partial charge on any atom is 0.246 e. The highest BCUT2D eigenvalue weighted by molar-refractivity contribution is 5.92. The molecule has 2 N–H and O–H groups in total. The van der Waals surface area contributed by atoms with Crippen LogP contribution in [0.3, 0.4) is 0 Å². The average molecular weight is 307 g/mol. The van der Waals surface area contributed by atoms with Gasteiger partial charge >= 0.3 is 0 Å². The van der Waals surface area contributed by atoms with E-state index in [2.05, 4.69) is 4.98 Å². The third kappa shape index (κ3) is 3.40. The van der Waals surface area contributed by atoms with E-state index in [1.807, 2.05) is 30.3 Å². The molecule has 3 aromatic rings. The number of pyridine rings is 1. The monoisotopic (exact) mass is 307 g/mol. The summed E-state index contributed by atoms with van der Waals surface area (Å²) in [6, 6.07) is 11.3. The Hall–Kier alpha value is -3.08. The first-order valence-electron chi connectivity index (χ1n) is 7.23. The molecule has 3 rings (SSSR count). The van der Waals surface area contributed by atoms with E-state index in [0.717, 1.165) is 22.1 Å². The zero-order valence-corrected chi connectivity index (χ0v) is 12.8. The Morgan fingerprint density at radius 2 is 2.13 bits per heavy atom. The molecule has 5 heteroatoms. The molecular formula is C18H17N3O2. The summed E-state index contributed by atoms with van der Waals surface area (Å²) in [5.74, 6) is 0.365. The first-order chi connectivity index (χ1) is 11.1. The van der Waals surface area contributed by atoms with Crippen LogP contribution in [0.4, 0.5) is 5.82 Å². The van der Waals surface area contributed by atoms with Gasteiger partial charge in [-0.2, -0.15) is 0 Å². The third-order valence-corrected chi connectivity index (χ3v) is 3.57. The van der Waals surface area contributed by atoms with Crippen LogP contribution in [0.1, 0.15) is 11.1 Å². The topological polar surface area (TPSA) is 72.4 Å². The number of hydrogen-bond donors (Lipinski definition) is 1. The molecule has 1 amide bonds. The molecule has 0 atom stereocenters. The molecule has 116 valence electrons. The summed E-state index contributed by atoms with van der Waals surface area (Å²) in [4.78, 5) is 17.8. The summed E-state index contributed by atoms with van der Waals surface area (Å²) in [5, 5.41) is 1.03. The number of amides is 1. The summed E-state index contributed by atoms with van der Waals surface area (Å²) >= 11 is 0. The Balaban J connectivity index is 1.69. The van der Waals surface area contributed by atoms with Gasteiger partial charge in [0.1, 0.15) is 11.4 Å². The second-order valence-corrected chi connectivity index (χ2v) is 5.30. The van der Waals surface area contributed by atoms with Gasteiger partial charge in [-0.15, -0.1) is 0 Å². The van der Waals surface area contributed by atoms with Gasteiger partial charge in [0.15, 0.2) is 0 Å². The average Bonchev–Trinajstić information content (AvgIpc) is 2.97. The minimum atomic E-state index is -0.0906. The standard InChI is InChI=1S/C18H17N3O2/c1-21(11-14-12-23-16-5-3-2-4-15(14)16)18(22)9-7-13-6-8-17(19)20-10-13/h2-10,12H,11H2,1H3,(H2,19,20). The first kappa shape index (κ1) is 14.8. The Morgan fingerprint density at radius 3 is 2.91 bits per heavy atom. The fraction of sp³-hybridized carbons (Fsp3) is 0.111. The van der Waals surface area contributed by atoms with E-state index < -0.39 is 0 Å². The number of fused-ring (bicyclic) bond motifs is 1. The van der Waals surface area contributed by atoms with Crippen molar-refractivity contribution in [2.24, 2.45) is 0 Å². The van der Waals surface area contributed by atoms with Crippen molar-refractivity contribution in [2.45, 2.75) is 6.54 Å². The van der Waals surface area contributed by atoms with Gasteiger partial charge in [-0.3, -0.25) is 4.79 Å². The van der Waals surface area contributed by atoms with Gasteiger partial charge in [0, 0.05) is 36.8 Å². The molecule has 23 heavy (non-hydrogen) atoms. The van der Waals surface area contributed by atoms with E-state index in [-0.39, 0.29) is 5.91 Å². The van der Waals surface area contributed by atoms with Gasteiger partial charge in [0.05, 0.1) is 6.26 Å². The lowest BCUT2D eigenvalue weighted by atomic mass is 10.1. The van der Waals surface area contributed by atoms with Gasteiger partial charge in [-0.05, 0) is 29.8 Å². The van der Waals surface area contributed by atoms with E-state index in [0.29, 0.717) is 12.4 Å². The fourth-order valence-corrected chi connectivity index (χ4v) is 2.30. The number of nitrogens with two attached hydrogens (primary N) is 1. The number of furan rings is 1. The van der Waals surface area contributed by atoms with Crippen LogP contribution in [-0.4, -0.2) is 22.8 Å². The Bertz CT molecular complexity index is 850. The molecule has 0 aliphatic heterocycles. The van der Waals surface area contributed by atoms with E-state index in [4.69, 9.17) is 10.2 Å². The lowest BCUT2D eigenvalue weighted by Gasteiger charge is -2.14. The molecule has 0 saturated carbocycles. The SMILES string of the molecule is CN(Cc1coc2ccccc12)C(=O)C=Cc1ccc(N)nc1. The van der Waals surface area contributed by atoms with Crippen molar-refractivity contribution in [1.82, 2.24) is 9.88 Å². The normalized spacial score (nSPS) is 11.2. The molecule has 0 radical (unpaired) electrons. The van der Waals surface area contributed by atoms with Crippen LogP contribution in [0, 0.1) is 0 Å². The second-order valence-electron chi connectivity index (χ2n) is 5.30. The number of benzene rings is 1. The Morgan fingerprint density at radius 1 is 1.30 bits per heavy atom. The summed E-state index contributed by atoms with van der Waals surface area (Å²) < 4.78 is 5.49. The summed E-state index contributed by atoms with van der Waals surface area (Å²) in [6.07, 6.45) is 6.57. The van der Waals surface area contributed by atoms with Crippen LogP contribution >= 0.6 is 0 Å². The number of likely N-dealkylation sites (N-methyl/N-ethyl adjacent to an activating group) is 1. The van der Waals surface area contributed by atoms with Crippen LogP contribution in [-0.2, 0) is 11.3 Å². The van der Waals surface area contributed by atoms with Crippen LogP contribution in [0.15, 0.2) is 59.4 Å². The van der Waals surface area contributed by atoms with Crippen molar-refractivity contribution in [1.29, 1.82) is 0 Å². The predicted molar refractivity (Wildman–Crippen MR) is 90.4 cm³/mol. The number of aromatic nitrogens is 1. The first-order valence-corrected chi connectivity index (χ1v) is 7.23. The zero-order chi connectivity index (χ0) is 16.2. The number of carbonyl (C=O) groups excluding carboxylic acids is 1. The lowest BCUT2D eigenvalue weighted by Crippen LogP contribution is -2.23. The number of nitrogen functional groups attached to an aromatic ring is 1. The molecule has 1 aromatic carbocycles. The number of hydrogen-bond acceptors (Lipinski definition) is 4. The largest absolute Gasteiger partial charge is 0.464 e. The molecule has 0 bridgehead atoms. The van der Waals surface area contributed by atoms with Gasteiger partial charge < -0.3 is 15.1 Å². The minimum absolute atomic E-state index is 0.0906. The molecule has 0 aliphatic rings. The molecule has 0 saturated heterocycles. The van der Waals surface area contributed by atoms with Crippen LogP contribution in [0.2, 0.25) is 0 Å². The second kappa shape index (κ2) is 6.36. The third-order valence-electron chi connectivity index (χ3n) is 3.57. The van der Waals surface area contributed by atoms with Crippen LogP contribution in [0.5, 0.6) is 0 Å². The van der Waals surface area contributed by atoms with Gasteiger partial charge in [-0.25, -0.2) is 4.98 Å². The minimum Gasteiger partial charge on any atom is -0.464 e. The molecule has 0 aliphatic carbocycles. The van der Waals surface area contributed by atoms with Crippen molar-refractivity contribution in [2.75, 3.05) is 12.8 Å². The van der Waals surface area contributed by atoms with Crippen molar-refractivity contribution in [3.05, 3.63) is 66.1 Å². The maximum absolute atomic E-state index is 12.2. The molecule has 0 spiro atoms. The number of para-hydroxylation sites is 1. The van der Waals surface area contributed by atoms with Crippen LogP contribution < -0.4 is 5.73 Å². The zero-order valence-electron chi connectivity index (χ0n) is 12.8. The quantitative estimate of drug-likeness (QED) is 0.752. The predicted octanol–water partition coefficient (Wildman–Crippen LogP) is 3.08. The van der Waals surface area contributed by atoms with Gasteiger partial charge in [0.2, 0.25) is 5.91 Å². The number of rotatable bonds is 4. The molecule has 2 heterocycles. The molecule has 5 nitrogen and oxygen atoms in total. The smallest absolute Gasteiger partial charge is 0.246 e. The van der Waals surface area contributed by atoms with E-state index in [1.165, 1.54) is 6.08 Å². The van der Waals surface area contributed by atoms with Crippen LogP contribution in [0.25, 0.3) is 17.0 Å². The lowest BCUT2D eigenvalue weighted by molar-refractivity contribution is -0.125. The number of nitrogens with zero attached hydrogens (tertiary/aromatic N) is 2. The maximum atomic E-state index is 12.2.